The Labute approximate surface area is 130 Å². The molecule has 0 aromatic heterocycles. The molecule has 1 amide bonds. The molecule has 0 aliphatic heterocycles. The first-order valence-corrected chi connectivity index (χ1v) is 7.03. The number of benzene rings is 1. The Hall–Kier alpha value is -0.580. The Morgan fingerprint density at radius 1 is 1.21 bits per heavy atom. The molecule has 0 radical (unpaired) electrons. The fraction of sp³-hybridized carbons (Fsp3) is 0.500. The van der Waals surface area contributed by atoms with E-state index in [0.717, 1.165) is 23.1 Å². The fourth-order valence-electron chi connectivity index (χ4n) is 1.66. The normalized spacial score (nSPS) is 10.7. The second-order valence-corrected chi connectivity index (χ2v) is 5.66. The summed E-state index contributed by atoms with van der Waals surface area (Å²) >= 11 is 3.40. The minimum atomic E-state index is -0.507. The molecule has 0 fully saturated rings. The van der Waals surface area contributed by atoms with Crippen molar-refractivity contribution in [1.82, 2.24) is 10.6 Å². The highest BCUT2D eigenvalue weighted by atomic mass is 79.9. The van der Waals surface area contributed by atoms with Gasteiger partial charge in [0.2, 0.25) is 5.91 Å². The second-order valence-electron chi connectivity index (χ2n) is 4.74. The SMILES string of the molecule is CCNCCNC(=O)C(C)(C)c1ccc(Br)cc1.Cl. The van der Waals surface area contributed by atoms with Gasteiger partial charge in [-0.05, 0) is 38.1 Å². The van der Waals surface area contributed by atoms with E-state index in [0.29, 0.717) is 6.54 Å². The molecule has 1 aromatic rings. The van der Waals surface area contributed by atoms with Gasteiger partial charge < -0.3 is 10.6 Å². The summed E-state index contributed by atoms with van der Waals surface area (Å²) in [5.41, 5.74) is 0.513. The van der Waals surface area contributed by atoms with Gasteiger partial charge in [-0.25, -0.2) is 0 Å². The van der Waals surface area contributed by atoms with Crippen molar-refractivity contribution in [3.05, 3.63) is 34.3 Å². The van der Waals surface area contributed by atoms with Crippen LogP contribution in [0.2, 0.25) is 0 Å². The zero-order valence-electron chi connectivity index (χ0n) is 11.6. The van der Waals surface area contributed by atoms with Crippen LogP contribution in [0, 0.1) is 0 Å². The molecule has 1 aromatic carbocycles. The highest BCUT2D eigenvalue weighted by Gasteiger charge is 2.29. The molecule has 19 heavy (non-hydrogen) atoms. The number of halogens is 2. The zero-order valence-corrected chi connectivity index (χ0v) is 14.0. The molecule has 2 N–H and O–H groups in total. The van der Waals surface area contributed by atoms with E-state index in [1.807, 2.05) is 45.0 Å². The lowest BCUT2D eigenvalue weighted by atomic mass is 9.84. The number of hydrogen-bond donors (Lipinski definition) is 2. The maximum absolute atomic E-state index is 12.2. The smallest absolute Gasteiger partial charge is 0.230 e. The molecule has 3 nitrogen and oxygen atoms in total. The van der Waals surface area contributed by atoms with Gasteiger partial charge in [0.25, 0.3) is 0 Å². The van der Waals surface area contributed by atoms with Crippen LogP contribution in [-0.4, -0.2) is 25.5 Å². The number of likely N-dealkylation sites (N-methyl/N-ethyl adjacent to an activating group) is 1. The monoisotopic (exact) mass is 348 g/mol. The molecule has 0 unspecified atom stereocenters. The van der Waals surface area contributed by atoms with Crippen molar-refractivity contribution in [3.63, 3.8) is 0 Å². The van der Waals surface area contributed by atoms with E-state index in [-0.39, 0.29) is 18.3 Å². The van der Waals surface area contributed by atoms with Crippen LogP contribution in [0.5, 0.6) is 0 Å². The zero-order chi connectivity index (χ0) is 13.6. The summed E-state index contributed by atoms with van der Waals surface area (Å²) in [6.45, 7) is 8.32. The maximum atomic E-state index is 12.2. The van der Waals surface area contributed by atoms with E-state index in [2.05, 4.69) is 26.6 Å². The largest absolute Gasteiger partial charge is 0.354 e. The molecule has 0 saturated carbocycles. The standard InChI is InChI=1S/C14H21BrN2O.ClH/c1-4-16-9-10-17-13(18)14(2,3)11-5-7-12(15)8-6-11;/h5-8,16H,4,9-10H2,1-3H3,(H,17,18);1H. The molecular formula is C14H22BrClN2O. The van der Waals surface area contributed by atoms with Crippen LogP contribution in [0.25, 0.3) is 0 Å². The highest BCUT2D eigenvalue weighted by molar-refractivity contribution is 9.10. The van der Waals surface area contributed by atoms with E-state index >= 15 is 0 Å². The van der Waals surface area contributed by atoms with Gasteiger partial charge in [-0.2, -0.15) is 0 Å². The lowest BCUT2D eigenvalue weighted by Crippen LogP contribution is -2.42. The average Bonchev–Trinajstić information content (AvgIpc) is 2.35. The molecule has 0 heterocycles. The number of carbonyl (C=O) groups is 1. The lowest BCUT2D eigenvalue weighted by molar-refractivity contribution is -0.125. The van der Waals surface area contributed by atoms with Crippen molar-refractivity contribution >= 4 is 34.2 Å². The molecule has 0 spiro atoms. The lowest BCUT2D eigenvalue weighted by Gasteiger charge is -2.24. The molecule has 5 heteroatoms. The van der Waals surface area contributed by atoms with Crippen molar-refractivity contribution in [1.29, 1.82) is 0 Å². The Kier molecular flexibility index (Phi) is 8.30. The summed E-state index contributed by atoms with van der Waals surface area (Å²) in [5, 5.41) is 6.14. The van der Waals surface area contributed by atoms with Gasteiger partial charge in [-0.1, -0.05) is 35.0 Å². The summed E-state index contributed by atoms with van der Waals surface area (Å²) in [6.07, 6.45) is 0. The molecule has 108 valence electrons. The van der Waals surface area contributed by atoms with Crippen LogP contribution in [-0.2, 0) is 10.2 Å². The summed E-state index contributed by atoms with van der Waals surface area (Å²) in [7, 11) is 0. The van der Waals surface area contributed by atoms with E-state index in [4.69, 9.17) is 0 Å². The van der Waals surface area contributed by atoms with E-state index < -0.39 is 5.41 Å². The summed E-state index contributed by atoms with van der Waals surface area (Å²) in [5.74, 6) is 0.0581. The topological polar surface area (TPSA) is 41.1 Å². The van der Waals surface area contributed by atoms with Crippen molar-refractivity contribution in [3.8, 4) is 0 Å². The Balaban J connectivity index is 0.00000324. The van der Waals surface area contributed by atoms with E-state index in [1.54, 1.807) is 0 Å². The first kappa shape index (κ1) is 18.4. The summed E-state index contributed by atoms with van der Waals surface area (Å²) in [6, 6.07) is 7.88. The average molecular weight is 350 g/mol. The highest BCUT2D eigenvalue weighted by Crippen LogP contribution is 2.24. The number of rotatable bonds is 6. The van der Waals surface area contributed by atoms with Gasteiger partial charge >= 0.3 is 0 Å². The predicted octanol–water partition coefficient (Wildman–Crippen LogP) is 2.87. The predicted molar refractivity (Wildman–Crippen MR) is 86.0 cm³/mol. The Bertz CT molecular complexity index is 393. The Morgan fingerprint density at radius 2 is 1.79 bits per heavy atom. The van der Waals surface area contributed by atoms with E-state index in [9.17, 15) is 4.79 Å². The van der Waals surface area contributed by atoms with Crippen molar-refractivity contribution in [2.24, 2.45) is 0 Å². The molecule has 0 atom stereocenters. The van der Waals surface area contributed by atoms with Gasteiger partial charge in [0, 0.05) is 17.6 Å². The fourth-order valence-corrected chi connectivity index (χ4v) is 1.92. The van der Waals surface area contributed by atoms with Gasteiger partial charge in [-0.3, -0.25) is 4.79 Å². The van der Waals surface area contributed by atoms with Crippen LogP contribution in [0.4, 0.5) is 0 Å². The van der Waals surface area contributed by atoms with Crippen molar-refractivity contribution < 1.29 is 4.79 Å². The maximum Gasteiger partial charge on any atom is 0.230 e. The van der Waals surface area contributed by atoms with Gasteiger partial charge in [0.15, 0.2) is 0 Å². The van der Waals surface area contributed by atoms with Crippen LogP contribution >= 0.6 is 28.3 Å². The third-order valence-electron chi connectivity index (χ3n) is 2.97. The van der Waals surface area contributed by atoms with E-state index in [1.165, 1.54) is 0 Å². The number of nitrogens with one attached hydrogen (secondary N) is 2. The number of amides is 1. The summed E-state index contributed by atoms with van der Waals surface area (Å²) < 4.78 is 1.02. The Morgan fingerprint density at radius 3 is 2.32 bits per heavy atom. The third kappa shape index (κ3) is 5.51. The quantitative estimate of drug-likeness (QED) is 0.775. The van der Waals surface area contributed by atoms with Crippen molar-refractivity contribution in [2.75, 3.05) is 19.6 Å². The van der Waals surface area contributed by atoms with Gasteiger partial charge in [0.1, 0.15) is 0 Å². The molecule has 1 rings (SSSR count). The molecule has 0 aliphatic rings. The second kappa shape index (κ2) is 8.56. The number of hydrogen-bond acceptors (Lipinski definition) is 2. The van der Waals surface area contributed by atoms with Gasteiger partial charge in [-0.15, -0.1) is 12.4 Å². The first-order chi connectivity index (χ1) is 8.48. The minimum Gasteiger partial charge on any atom is -0.354 e. The molecular weight excluding hydrogens is 328 g/mol. The molecule has 0 saturated heterocycles. The first-order valence-electron chi connectivity index (χ1n) is 6.23. The molecule has 0 aliphatic carbocycles. The third-order valence-corrected chi connectivity index (χ3v) is 3.50. The van der Waals surface area contributed by atoms with Crippen LogP contribution < -0.4 is 10.6 Å². The van der Waals surface area contributed by atoms with Gasteiger partial charge in [0.05, 0.1) is 5.41 Å². The minimum absolute atomic E-state index is 0. The number of carbonyl (C=O) groups excluding carboxylic acids is 1. The van der Waals surface area contributed by atoms with Crippen LogP contribution in [0.1, 0.15) is 26.3 Å². The van der Waals surface area contributed by atoms with Crippen LogP contribution in [0.3, 0.4) is 0 Å². The molecule has 0 bridgehead atoms. The summed E-state index contributed by atoms with van der Waals surface area (Å²) in [4.78, 5) is 12.2. The van der Waals surface area contributed by atoms with Crippen molar-refractivity contribution in [2.45, 2.75) is 26.2 Å². The van der Waals surface area contributed by atoms with Crippen LogP contribution in [0.15, 0.2) is 28.7 Å².